The number of likely N-dealkylation sites (N-methyl/N-ethyl adjacent to an activating group) is 1. The highest BCUT2D eigenvalue weighted by Crippen LogP contribution is 2.07. The minimum Gasteiger partial charge on any atom is -0.299 e. The van der Waals surface area contributed by atoms with Crippen LogP contribution in [0.1, 0.15) is 0 Å². The van der Waals surface area contributed by atoms with Crippen LogP contribution in [0, 0.1) is 10.1 Å². The van der Waals surface area contributed by atoms with Crippen molar-refractivity contribution in [2.24, 2.45) is 0 Å². The molecule has 1 N–H and O–H groups in total. The van der Waals surface area contributed by atoms with Gasteiger partial charge in [-0.25, -0.2) is 9.59 Å². The van der Waals surface area contributed by atoms with Crippen LogP contribution in [0.3, 0.4) is 0 Å². The van der Waals surface area contributed by atoms with E-state index in [1.807, 2.05) is 0 Å². The van der Waals surface area contributed by atoms with Crippen LogP contribution < -0.4 is 5.32 Å². The van der Waals surface area contributed by atoms with Crippen molar-refractivity contribution in [3.05, 3.63) is 22.8 Å². The highest BCUT2D eigenvalue weighted by atomic mass is 16.6. The molecule has 92 valence electrons. The average Bonchev–Trinajstić information content (AvgIpc) is 2.28. The Morgan fingerprint density at radius 2 is 2.24 bits per heavy atom. The zero-order valence-corrected chi connectivity index (χ0v) is 9.54. The highest BCUT2D eigenvalue weighted by Gasteiger charge is 2.51. The maximum absolute atomic E-state index is 11.6. The third-order valence-corrected chi connectivity index (χ3v) is 2.40. The van der Waals surface area contributed by atoms with E-state index in [-0.39, 0.29) is 12.4 Å². The molecule has 0 aromatic rings. The van der Waals surface area contributed by atoms with E-state index in [1.54, 1.807) is 0 Å². The summed E-state index contributed by atoms with van der Waals surface area (Å²) in [5.74, 6) is -0.896. The standard InChI is InChI=1S/C9H12N4O4/c1-4-5-10-7-6(13(16)17)8(14)12(3)9(15)11(7)2/h4,6H,1,5H2,2-3H3/p+1. The van der Waals surface area contributed by atoms with Crippen LogP contribution in [0.25, 0.3) is 0 Å². The van der Waals surface area contributed by atoms with Gasteiger partial charge in [-0.05, 0) is 0 Å². The van der Waals surface area contributed by atoms with Crippen molar-refractivity contribution >= 4 is 17.8 Å². The first kappa shape index (κ1) is 12.8. The number of hydrogen-bond donors (Lipinski definition) is 1. The lowest BCUT2D eigenvalue weighted by atomic mass is 10.2. The fourth-order valence-corrected chi connectivity index (χ4v) is 1.49. The fraction of sp³-hybridized carbons (Fsp3) is 0.444. The van der Waals surface area contributed by atoms with Gasteiger partial charge in [0.15, 0.2) is 0 Å². The Bertz CT molecular complexity index is 429. The number of nitrogens with one attached hydrogen (secondary N) is 1. The predicted molar refractivity (Wildman–Crippen MR) is 58.3 cm³/mol. The summed E-state index contributed by atoms with van der Waals surface area (Å²) in [6.45, 7) is 3.68. The average molecular weight is 241 g/mol. The summed E-state index contributed by atoms with van der Waals surface area (Å²) in [7, 11) is 2.58. The van der Waals surface area contributed by atoms with Gasteiger partial charge in [0, 0.05) is 4.92 Å². The van der Waals surface area contributed by atoms with Gasteiger partial charge in [-0.3, -0.25) is 15.4 Å². The largest absolute Gasteiger partial charge is 0.445 e. The van der Waals surface area contributed by atoms with Gasteiger partial charge in [-0.15, -0.1) is 0 Å². The Hall–Kier alpha value is -2.25. The van der Waals surface area contributed by atoms with Gasteiger partial charge in [0.2, 0.25) is 0 Å². The molecular weight excluding hydrogens is 228 g/mol. The Morgan fingerprint density at radius 3 is 2.71 bits per heavy atom. The van der Waals surface area contributed by atoms with Gasteiger partial charge in [0.1, 0.15) is 0 Å². The third kappa shape index (κ3) is 2.14. The molecule has 1 rings (SSSR count). The number of imide groups is 1. The van der Waals surface area contributed by atoms with Gasteiger partial charge in [0.05, 0.1) is 20.6 Å². The Morgan fingerprint density at radius 1 is 1.65 bits per heavy atom. The van der Waals surface area contributed by atoms with Gasteiger partial charge < -0.3 is 0 Å². The Balaban J connectivity index is 3.23. The van der Waals surface area contributed by atoms with E-state index in [1.165, 1.54) is 20.2 Å². The third-order valence-electron chi connectivity index (χ3n) is 2.40. The first-order valence-electron chi connectivity index (χ1n) is 4.82. The van der Waals surface area contributed by atoms with E-state index in [9.17, 15) is 19.7 Å². The second kappa shape index (κ2) is 4.73. The first-order chi connectivity index (χ1) is 7.91. The molecule has 0 aromatic carbocycles. The summed E-state index contributed by atoms with van der Waals surface area (Å²) in [4.78, 5) is 34.1. The minimum absolute atomic E-state index is 0.0389. The van der Waals surface area contributed by atoms with Crippen molar-refractivity contribution in [1.82, 2.24) is 10.2 Å². The van der Waals surface area contributed by atoms with E-state index < -0.39 is 22.9 Å². The lowest BCUT2D eigenvalue weighted by Crippen LogP contribution is -2.61. The normalized spacial score (nSPS) is 20.6. The quantitative estimate of drug-likeness (QED) is 0.297. The van der Waals surface area contributed by atoms with Crippen LogP contribution in [0.5, 0.6) is 0 Å². The molecular formula is C9H13N4O4+. The SMILES string of the molecule is C=CCNC1=[N+](C)C(=O)N(C)C(=O)C1[N+](=O)[O-]. The molecule has 0 saturated heterocycles. The van der Waals surface area contributed by atoms with E-state index in [0.29, 0.717) is 0 Å². The zero-order valence-electron chi connectivity index (χ0n) is 9.54. The molecule has 1 unspecified atom stereocenters. The number of urea groups is 1. The Labute approximate surface area is 97.4 Å². The van der Waals surface area contributed by atoms with E-state index >= 15 is 0 Å². The predicted octanol–water partition coefficient (Wildman–Crippen LogP) is -0.960. The number of amidine groups is 1. The molecule has 17 heavy (non-hydrogen) atoms. The number of nitrogens with zero attached hydrogens (tertiary/aromatic N) is 3. The molecule has 8 nitrogen and oxygen atoms in total. The summed E-state index contributed by atoms with van der Waals surface area (Å²) >= 11 is 0. The van der Waals surface area contributed by atoms with Crippen LogP contribution in [0.15, 0.2) is 12.7 Å². The summed E-state index contributed by atoms with van der Waals surface area (Å²) < 4.78 is 1.05. The molecule has 1 aliphatic rings. The Kier molecular flexibility index (Phi) is 3.56. The van der Waals surface area contributed by atoms with Crippen molar-refractivity contribution in [2.45, 2.75) is 6.04 Å². The molecule has 0 spiro atoms. The molecule has 1 aliphatic heterocycles. The van der Waals surface area contributed by atoms with Gasteiger partial charge >= 0.3 is 18.0 Å². The van der Waals surface area contributed by atoms with Gasteiger partial charge in [0.25, 0.3) is 5.84 Å². The topological polar surface area (TPSA) is 95.6 Å². The number of nitro groups is 1. The molecule has 0 aliphatic carbocycles. The number of carbonyl (C=O) groups excluding carboxylic acids is 2. The van der Waals surface area contributed by atoms with Crippen LogP contribution in [-0.2, 0) is 4.79 Å². The summed E-state index contributed by atoms with van der Waals surface area (Å²) in [6, 6.07) is -2.19. The lowest BCUT2D eigenvalue weighted by Gasteiger charge is -2.21. The lowest BCUT2D eigenvalue weighted by molar-refractivity contribution is -0.511. The number of amides is 3. The highest BCUT2D eigenvalue weighted by molar-refractivity contribution is 6.11. The number of hydrogen-bond acceptors (Lipinski definition) is 5. The van der Waals surface area contributed by atoms with Crippen molar-refractivity contribution in [1.29, 1.82) is 0 Å². The molecule has 1 atom stereocenters. The second-order valence-corrected chi connectivity index (χ2v) is 3.48. The smallest absolute Gasteiger partial charge is 0.299 e. The molecule has 8 heteroatoms. The van der Waals surface area contributed by atoms with Crippen LogP contribution >= 0.6 is 0 Å². The second-order valence-electron chi connectivity index (χ2n) is 3.48. The zero-order chi connectivity index (χ0) is 13.2. The van der Waals surface area contributed by atoms with Crippen LogP contribution in [-0.4, -0.2) is 58.9 Å². The van der Waals surface area contributed by atoms with Gasteiger partial charge in [-0.1, -0.05) is 12.7 Å². The van der Waals surface area contributed by atoms with E-state index in [4.69, 9.17) is 0 Å². The summed E-state index contributed by atoms with van der Waals surface area (Å²) in [6.07, 6.45) is 1.48. The van der Waals surface area contributed by atoms with Crippen molar-refractivity contribution in [3.8, 4) is 0 Å². The number of carbonyl (C=O) groups is 2. The molecule has 0 aromatic heterocycles. The van der Waals surface area contributed by atoms with Crippen molar-refractivity contribution in [2.75, 3.05) is 20.6 Å². The van der Waals surface area contributed by atoms with Crippen LogP contribution in [0.4, 0.5) is 4.79 Å². The monoisotopic (exact) mass is 241 g/mol. The molecule has 0 fully saturated rings. The van der Waals surface area contributed by atoms with Crippen molar-refractivity contribution < 1.29 is 19.1 Å². The molecule has 3 amide bonds. The molecule has 1 heterocycles. The van der Waals surface area contributed by atoms with Gasteiger partial charge in [-0.2, -0.15) is 9.48 Å². The minimum atomic E-state index is -1.58. The fourth-order valence-electron chi connectivity index (χ4n) is 1.49. The van der Waals surface area contributed by atoms with Crippen LogP contribution in [0.2, 0.25) is 0 Å². The molecule has 0 saturated carbocycles. The maximum atomic E-state index is 11.6. The summed E-state index contributed by atoms with van der Waals surface area (Å²) in [5.41, 5.74) is 0. The van der Waals surface area contributed by atoms with E-state index in [2.05, 4.69) is 11.9 Å². The molecule has 0 bridgehead atoms. The first-order valence-corrected chi connectivity index (χ1v) is 4.82. The van der Waals surface area contributed by atoms with E-state index in [0.717, 1.165) is 9.48 Å². The van der Waals surface area contributed by atoms with Crippen molar-refractivity contribution in [3.63, 3.8) is 0 Å². The number of rotatable bonds is 3. The summed E-state index contributed by atoms with van der Waals surface area (Å²) in [5, 5.41) is 13.5. The molecule has 0 radical (unpaired) electrons. The maximum Gasteiger partial charge on any atom is 0.445 e.